The maximum absolute atomic E-state index is 14.6. The van der Waals surface area contributed by atoms with Gasteiger partial charge in [0.15, 0.2) is 5.82 Å². The number of aromatic nitrogens is 2. The Morgan fingerprint density at radius 1 is 1.20 bits per heavy atom. The highest BCUT2D eigenvalue weighted by Crippen LogP contribution is 2.47. The number of allylic oxidation sites excluding steroid dienone is 1. The van der Waals surface area contributed by atoms with Gasteiger partial charge in [-0.05, 0) is 97.7 Å². The van der Waals surface area contributed by atoms with Crippen LogP contribution < -0.4 is 19.7 Å². The van der Waals surface area contributed by atoms with Crippen LogP contribution in [0, 0.1) is 17.8 Å². The fraction of sp³-hybridized carbons (Fsp3) is 0.500. The van der Waals surface area contributed by atoms with Crippen molar-refractivity contribution in [2.75, 3.05) is 49.8 Å². The Balaban J connectivity index is 1.31. The van der Waals surface area contributed by atoms with Crippen molar-refractivity contribution in [1.29, 1.82) is 0 Å². The van der Waals surface area contributed by atoms with Crippen molar-refractivity contribution < 1.29 is 23.3 Å². The Bertz CT molecular complexity index is 1990. The standard InChI is InChI=1S/C38H47ClN6O5S/c1-24-7-5-9-33(49-4)29-13-10-27(29)19-45-22-38(16-6-8-25-17-28(39)12-14-31(25)38)23-50-34-15-11-26(18-32(34)45)36(46)42-51(48,21-24)43-37(47)30-20-44(3)41-35(30)40-2/h5,9,11-12,14-15,17-18,20,24,27,29,33H,6-8,10,13,16,19,21-23H2,1-4H3,(H,40,41)(H,42,43,46,47,48)/b9-5+/t24-,27-,29+,33-,38-,51-/m0/s1. The van der Waals surface area contributed by atoms with Gasteiger partial charge in [-0.3, -0.25) is 19.0 Å². The smallest absolute Gasteiger partial charge is 0.286 e. The molecule has 3 heterocycles. The number of methoxy groups -OCH3 is 1. The van der Waals surface area contributed by atoms with Crippen LogP contribution >= 0.6 is 11.6 Å². The molecule has 0 saturated heterocycles. The molecule has 1 spiro atoms. The first-order valence-corrected chi connectivity index (χ1v) is 19.9. The van der Waals surface area contributed by atoms with Crippen molar-refractivity contribution in [1.82, 2.24) is 14.5 Å². The Morgan fingerprint density at radius 2 is 2.04 bits per heavy atom. The largest absolute Gasteiger partial charge is 0.490 e. The van der Waals surface area contributed by atoms with Crippen molar-refractivity contribution in [2.45, 2.75) is 57.0 Å². The first kappa shape index (κ1) is 35.5. The molecule has 4 aliphatic rings. The zero-order valence-corrected chi connectivity index (χ0v) is 31.3. The van der Waals surface area contributed by atoms with Crippen LogP contribution in [0.4, 0.5) is 11.5 Å². The number of carbonyl (C=O) groups excluding carboxylic acids is 2. The summed E-state index contributed by atoms with van der Waals surface area (Å²) in [4.78, 5) is 29.9. The minimum absolute atomic E-state index is 0.0141. The lowest BCUT2D eigenvalue weighted by molar-refractivity contribution is 0.0131. The van der Waals surface area contributed by atoms with Gasteiger partial charge in [-0.1, -0.05) is 36.7 Å². The lowest BCUT2D eigenvalue weighted by atomic mass is 9.68. The fourth-order valence-corrected chi connectivity index (χ4v) is 10.5. The van der Waals surface area contributed by atoms with Crippen molar-refractivity contribution in [3.63, 3.8) is 0 Å². The SMILES string of the molecule is CNc1nn(C)cc1C(=O)N[S@@]1(=O)=NC(=O)c2ccc3c(c2)N(C[C@@H]2CC[C@H]2[C@@H](OC)/C=C/C[C@H](C)C1)C[C@@]1(CCCc2cc(Cl)ccc21)CO3. The van der Waals surface area contributed by atoms with Gasteiger partial charge in [0.05, 0.1) is 24.2 Å². The Hall–Kier alpha value is -3.87. The van der Waals surface area contributed by atoms with Gasteiger partial charge in [-0.15, -0.1) is 4.36 Å². The summed E-state index contributed by atoms with van der Waals surface area (Å²) in [7, 11) is 1.55. The Morgan fingerprint density at radius 3 is 2.80 bits per heavy atom. The zero-order valence-electron chi connectivity index (χ0n) is 29.7. The van der Waals surface area contributed by atoms with Gasteiger partial charge in [-0.2, -0.15) is 5.10 Å². The molecule has 2 bridgehead atoms. The predicted molar refractivity (Wildman–Crippen MR) is 200 cm³/mol. The molecule has 2 amide bonds. The lowest BCUT2D eigenvalue weighted by Gasteiger charge is -2.46. The van der Waals surface area contributed by atoms with E-state index in [2.05, 4.69) is 48.7 Å². The molecule has 2 aliphatic heterocycles. The molecule has 6 atom stereocenters. The number of amides is 2. The quantitative estimate of drug-likeness (QED) is 0.305. The van der Waals surface area contributed by atoms with Gasteiger partial charge < -0.3 is 19.7 Å². The van der Waals surface area contributed by atoms with Crippen LogP contribution in [0.3, 0.4) is 0 Å². The molecular weight excluding hydrogens is 688 g/mol. The van der Waals surface area contributed by atoms with E-state index in [1.54, 1.807) is 33.5 Å². The summed E-state index contributed by atoms with van der Waals surface area (Å²) in [6.45, 7) is 3.93. The number of nitrogens with one attached hydrogen (secondary N) is 2. The number of ether oxygens (including phenoxy) is 2. The molecule has 2 aromatic carbocycles. The van der Waals surface area contributed by atoms with Gasteiger partial charge in [0.2, 0.25) is 0 Å². The number of halogens is 1. The molecule has 272 valence electrons. The normalized spacial score (nSPS) is 29.7. The minimum Gasteiger partial charge on any atom is -0.490 e. The molecule has 1 saturated carbocycles. The van der Waals surface area contributed by atoms with Crippen LogP contribution in [-0.2, 0) is 33.5 Å². The van der Waals surface area contributed by atoms with Crippen LogP contribution in [-0.4, -0.2) is 71.5 Å². The van der Waals surface area contributed by atoms with E-state index < -0.39 is 21.7 Å². The topological polar surface area (TPSA) is 127 Å². The highest BCUT2D eigenvalue weighted by Gasteiger charge is 2.44. The number of fused-ring (bicyclic) bond motifs is 4. The zero-order chi connectivity index (χ0) is 35.9. The maximum Gasteiger partial charge on any atom is 0.286 e. The van der Waals surface area contributed by atoms with Crippen LogP contribution in [0.2, 0.25) is 5.02 Å². The predicted octanol–water partition coefficient (Wildman–Crippen LogP) is 6.18. The summed E-state index contributed by atoms with van der Waals surface area (Å²) < 4.78 is 35.7. The van der Waals surface area contributed by atoms with Crippen LogP contribution in [0.5, 0.6) is 5.75 Å². The molecular formula is C38H47ClN6O5S. The van der Waals surface area contributed by atoms with E-state index in [0.29, 0.717) is 43.0 Å². The van der Waals surface area contributed by atoms with E-state index in [9.17, 15) is 13.8 Å². The molecule has 51 heavy (non-hydrogen) atoms. The molecule has 3 aromatic rings. The fourth-order valence-electron chi connectivity index (χ4n) is 8.41. The number of hydrogen-bond donors (Lipinski definition) is 2. The second-order valence-corrected chi connectivity index (χ2v) is 17.1. The molecule has 0 radical (unpaired) electrons. The molecule has 7 rings (SSSR count). The van der Waals surface area contributed by atoms with Crippen molar-refractivity contribution >= 4 is 44.8 Å². The highest BCUT2D eigenvalue weighted by molar-refractivity contribution is 7.92. The second-order valence-electron chi connectivity index (χ2n) is 14.7. The van der Waals surface area contributed by atoms with Crippen LogP contribution in [0.25, 0.3) is 0 Å². The van der Waals surface area contributed by atoms with Crippen LogP contribution in [0.15, 0.2) is 59.1 Å². The van der Waals surface area contributed by atoms with Gasteiger partial charge in [0.1, 0.15) is 21.2 Å². The molecule has 11 nitrogen and oxygen atoms in total. The molecule has 13 heteroatoms. The molecule has 0 unspecified atom stereocenters. The molecule has 2 aliphatic carbocycles. The molecule has 1 fully saturated rings. The minimum atomic E-state index is -3.57. The van der Waals surface area contributed by atoms with Gasteiger partial charge in [-0.25, -0.2) is 4.21 Å². The molecule has 2 N–H and O–H groups in total. The average Bonchev–Trinajstić information content (AvgIpc) is 3.40. The lowest BCUT2D eigenvalue weighted by Crippen LogP contribution is -2.49. The Labute approximate surface area is 305 Å². The highest BCUT2D eigenvalue weighted by atomic mass is 35.5. The van der Waals surface area contributed by atoms with Gasteiger partial charge in [0.25, 0.3) is 11.8 Å². The number of aryl methyl sites for hydroxylation is 2. The maximum atomic E-state index is 14.6. The number of rotatable bonds is 4. The number of benzene rings is 2. The summed E-state index contributed by atoms with van der Waals surface area (Å²) in [5.74, 6) is 0.294. The third kappa shape index (κ3) is 7.15. The summed E-state index contributed by atoms with van der Waals surface area (Å²) in [5, 5.41) is 7.89. The van der Waals surface area contributed by atoms with Crippen LogP contribution in [0.1, 0.15) is 70.9 Å². The summed E-state index contributed by atoms with van der Waals surface area (Å²) in [6.07, 6.45) is 11.4. The summed E-state index contributed by atoms with van der Waals surface area (Å²) in [6, 6.07) is 11.6. The number of hydrogen-bond acceptors (Lipinski definition) is 8. The Kier molecular flexibility index (Phi) is 9.94. The van der Waals surface area contributed by atoms with E-state index in [0.717, 1.165) is 49.4 Å². The van der Waals surface area contributed by atoms with Crippen molar-refractivity contribution in [3.05, 3.63) is 82.0 Å². The third-order valence-electron chi connectivity index (χ3n) is 11.1. The molecule has 1 aromatic heterocycles. The van der Waals surface area contributed by atoms with E-state index in [4.69, 9.17) is 21.1 Å². The monoisotopic (exact) mass is 734 g/mol. The number of nitrogens with zero attached hydrogens (tertiary/aromatic N) is 4. The average molecular weight is 735 g/mol. The first-order valence-electron chi connectivity index (χ1n) is 17.8. The van der Waals surface area contributed by atoms with Crippen molar-refractivity contribution in [3.8, 4) is 5.75 Å². The second kappa shape index (κ2) is 14.3. The van der Waals surface area contributed by atoms with Gasteiger partial charge >= 0.3 is 0 Å². The number of carbonyl (C=O) groups is 2. The van der Waals surface area contributed by atoms with Gasteiger partial charge in [0, 0.05) is 56.5 Å². The first-order chi connectivity index (χ1) is 24.5. The number of anilines is 2. The summed E-state index contributed by atoms with van der Waals surface area (Å²) >= 11 is 6.46. The van der Waals surface area contributed by atoms with Crippen molar-refractivity contribution in [2.24, 2.45) is 29.2 Å². The van der Waals surface area contributed by atoms with E-state index in [1.165, 1.54) is 15.8 Å². The van der Waals surface area contributed by atoms with E-state index in [-0.39, 0.29) is 34.3 Å². The van der Waals surface area contributed by atoms with E-state index in [1.807, 2.05) is 25.1 Å². The van der Waals surface area contributed by atoms with E-state index >= 15 is 0 Å². The third-order valence-corrected chi connectivity index (χ3v) is 13.3. The summed E-state index contributed by atoms with van der Waals surface area (Å²) in [5.41, 5.74) is 3.58.